The molecule has 170 valence electrons. The fourth-order valence-corrected chi connectivity index (χ4v) is 6.38. The van der Waals surface area contributed by atoms with Crippen LogP contribution in [0.4, 0.5) is 4.39 Å². The Kier molecular flexibility index (Phi) is 6.45. The van der Waals surface area contributed by atoms with Crippen molar-refractivity contribution < 1.29 is 17.6 Å². The molecule has 0 N–H and O–H groups in total. The van der Waals surface area contributed by atoms with Gasteiger partial charge in [-0.25, -0.2) is 12.8 Å². The number of hydrogen-bond acceptors (Lipinski definition) is 5. The highest BCUT2D eigenvalue weighted by Crippen LogP contribution is 2.25. The van der Waals surface area contributed by atoms with Crippen LogP contribution in [0.3, 0.4) is 0 Å². The first kappa shape index (κ1) is 22.6. The highest BCUT2D eigenvalue weighted by atomic mass is 32.2. The van der Waals surface area contributed by atoms with Crippen LogP contribution in [0.5, 0.6) is 0 Å². The van der Waals surface area contributed by atoms with Crippen LogP contribution in [-0.4, -0.2) is 54.3 Å². The third-order valence-electron chi connectivity index (χ3n) is 5.56. The number of amides is 1. The molecule has 1 aliphatic rings. The lowest BCUT2D eigenvalue weighted by Crippen LogP contribution is -2.50. The summed E-state index contributed by atoms with van der Waals surface area (Å²) in [5.74, 6) is -0.547. The number of halogens is 1. The van der Waals surface area contributed by atoms with Gasteiger partial charge >= 0.3 is 4.87 Å². The summed E-state index contributed by atoms with van der Waals surface area (Å²) < 4.78 is 43.3. The minimum absolute atomic E-state index is 0.0782. The maximum Gasteiger partial charge on any atom is 0.308 e. The molecule has 1 saturated heterocycles. The number of aryl methyl sites for hydroxylation is 1. The van der Waals surface area contributed by atoms with E-state index < -0.39 is 15.8 Å². The Morgan fingerprint density at radius 3 is 2.53 bits per heavy atom. The van der Waals surface area contributed by atoms with Crippen LogP contribution in [0, 0.1) is 5.82 Å². The molecule has 0 bridgehead atoms. The summed E-state index contributed by atoms with van der Waals surface area (Å²) in [4.78, 5) is 26.4. The number of nitrogens with zero attached hydrogens (tertiary/aromatic N) is 3. The molecule has 0 atom stereocenters. The molecule has 0 unspecified atom stereocenters. The van der Waals surface area contributed by atoms with E-state index in [1.807, 2.05) is 6.92 Å². The van der Waals surface area contributed by atoms with Gasteiger partial charge in [0.1, 0.15) is 5.82 Å². The average molecular weight is 478 g/mol. The maximum absolute atomic E-state index is 13.3. The van der Waals surface area contributed by atoms with E-state index in [9.17, 15) is 22.4 Å². The average Bonchev–Trinajstić information content (AvgIpc) is 3.08. The second-order valence-corrected chi connectivity index (χ2v) is 10.7. The number of thiazole rings is 1. The summed E-state index contributed by atoms with van der Waals surface area (Å²) in [6.45, 7) is 3.49. The molecule has 3 aromatic rings. The van der Waals surface area contributed by atoms with Gasteiger partial charge in [-0.3, -0.25) is 14.2 Å². The van der Waals surface area contributed by atoms with Gasteiger partial charge in [0.15, 0.2) is 0 Å². The number of carbonyl (C=O) groups excluding carboxylic acids is 1. The van der Waals surface area contributed by atoms with Crippen LogP contribution in [0.25, 0.3) is 10.2 Å². The van der Waals surface area contributed by atoms with E-state index in [0.717, 1.165) is 23.3 Å². The van der Waals surface area contributed by atoms with Crippen molar-refractivity contribution in [3.8, 4) is 0 Å². The van der Waals surface area contributed by atoms with Crippen molar-refractivity contribution in [1.82, 2.24) is 13.8 Å². The van der Waals surface area contributed by atoms with Gasteiger partial charge in [-0.15, -0.1) is 0 Å². The zero-order chi connectivity index (χ0) is 22.9. The number of fused-ring (bicyclic) bond motifs is 1. The lowest BCUT2D eigenvalue weighted by molar-refractivity contribution is -0.131. The number of piperazine rings is 1. The van der Waals surface area contributed by atoms with Crippen LogP contribution in [-0.2, 0) is 27.8 Å². The lowest BCUT2D eigenvalue weighted by Gasteiger charge is -2.34. The molecule has 1 aromatic heterocycles. The van der Waals surface area contributed by atoms with E-state index in [0.29, 0.717) is 16.8 Å². The van der Waals surface area contributed by atoms with Gasteiger partial charge < -0.3 is 4.90 Å². The first-order chi connectivity index (χ1) is 15.3. The number of benzene rings is 2. The van der Waals surface area contributed by atoms with Crippen LogP contribution in [0.1, 0.15) is 18.9 Å². The highest BCUT2D eigenvalue weighted by Gasteiger charge is 2.30. The van der Waals surface area contributed by atoms with Crippen molar-refractivity contribution >= 4 is 37.5 Å². The van der Waals surface area contributed by atoms with Crippen molar-refractivity contribution in [3.63, 3.8) is 0 Å². The van der Waals surface area contributed by atoms with E-state index >= 15 is 0 Å². The third-order valence-corrected chi connectivity index (χ3v) is 8.40. The Hall–Kier alpha value is -2.56. The summed E-state index contributed by atoms with van der Waals surface area (Å²) in [5.41, 5.74) is 1.33. The van der Waals surface area contributed by atoms with Crippen LogP contribution < -0.4 is 4.87 Å². The van der Waals surface area contributed by atoms with E-state index in [-0.39, 0.29) is 48.3 Å². The van der Waals surface area contributed by atoms with E-state index in [1.165, 1.54) is 22.5 Å². The van der Waals surface area contributed by atoms with Gasteiger partial charge in [-0.1, -0.05) is 30.4 Å². The van der Waals surface area contributed by atoms with Gasteiger partial charge in [0.25, 0.3) is 0 Å². The third kappa shape index (κ3) is 4.48. The molecule has 0 spiro atoms. The van der Waals surface area contributed by atoms with E-state index in [2.05, 4.69) is 0 Å². The molecule has 2 heterocycles. The Morgan fingerprint density at radius 1 is 1.09 bits per heavy atom. The molecule has 0 saturated carbocycles. The lowest BCUT2D eigenvalue weighted by atomic mass is 10.1. The summed E-state index contributed by atoms with van der Waals surface area (Å²) in [7, 11) is -3.74. The summed E-state index contributed by atoms with van der Waals surface area (Å²) in [6.07, 6.45) is 0.892. The van der Waals surface area contributed by atoms with Crippen LogP contribution >= 0.6 is 11.3 Å². The van der Waals surface area contributed by atoms with Gasteiger partial charge in [0.2, 0.25) is 15.9 Å². The molecule has 10 heteroatoms. The molecule has 1 aliphatic heterocycles. The predicted molar refractivity (Wildman–Crippen MR) is 122 cm³/mol. The smallest absolute Gasteiger partial charge is 0.308 e. The van der Waals surface area contributed by atoms with Gasteiger partial charge in [-0.05, 0) is 42.3 Å². The number of sulfonamides is 1. The topological polar surface area (TPSA) is 79.7 Å². The number of rotatable bonds is 6. The highest BCUT2D eigenvalue weighted by molar-refractivity contribution is 7.89. The Morgan fingerprint density at radius 2 is 1.84 bits per heavy atom. The molecule has 7 nitrogen and oxygen atoms in total. The van der Waals surface area contributed by atoms with Crippen LogP contribution in [0.2, 0.25) is 0 Å². The molecular formula is C22H24FN3O4S2. The Balaban J connectivity index is 1.45. The molecule has 2 aromatic carbocycles. The summed E-state index contributed by atoms with van der Waals surface area (Å²) >= 11 is 1.05. The first-order valence-electron chi connectivity index (χ1n) is 10.5. The number of aromatic nitrogens is 1. The Bertz CT molecular complexity index is 1310. The van der Waals surface area contributed by atoms with Gasteiger partial charge in [0, 0.05) is 32.7 Å². The molecule has 32 heavy (non-hydrogen) atoms. The predicted octanol–water partition coefficient (Wildman–Crippen LogP) is 2.69. The molecule has 1 amide bonds. The molecular weight excluding hydrogens is 453 g/mol. The zero-order valence-corrected chi connectivity index (χ0v) is 19.3. The van der Waals surface area contributed by atoms with E-state index in [4.69, 9.17) is 0 Å². The molecule has 4 rings (SSSR count). The number of carbonyl (C=O) groups is 1. The zero-order valence-electron chi connectivity index (χ0n) is 17.7. The quantitative estimate of drug-likeness (QED) is 0.547. The first-order valence-corrected chi connectivity index (χ1v) is 12.7. The minimum atomic E-state index is -3.74. The fraction of sp³-hybridized carbons (Fsp3) is 0.364. The molecule has 0 aliphatic carbocycles. The van der Waals surface area contributed by atoms with Crippen molar-refractivity contribution in [2.24, 2.45) is 0 Å². The van der Waals surface area contributed by atoms with Crippen molar-refractivity contribution in [2.75, 3.05) is 26.2 Å². The SMILES string of the molecule is CCCn1c(=O)sc2cc(S(=O)(=O)N3CCN(C(=O)Cc4cccc(F)c4)CC3)ccc21. The van der Waals surface area contributed by atoms with Gasteiger partial charge in [0.05, 0.1) is 21.5 Å². The van der Waals surface area contributed by atoms with Crippen molar-refractivity contribution in [1.29, 1.82) is 0 Å². The maximum atomic E-state index is 13.3. The molecule has 0 radical (unpaired) electrons. The standard InChI is InChI=1S/C22H24FN3O4S2/c1-2-8-26-19-7-6-18(15-20(19)31-22(26)28)32(29,30)25-11-9-24(10-12-25)21(27)14-16-4-3-5-17(23)13-16/h3-7,13,15H,2,8-12,14H2,1H3. The van der Waals surface area contributed by atoms with Crippen molar-refractivity contribution in [2.45, 2.75) is 31.2 Å². The second kappa shape index (κ2) is 9.13. The summed E-state index contributed by atoms with van der Waals surface area (Å²) in [6, 6.07) is 10.7. The number of hydrogen-bond donors (Lipinski definition) is 0. The summed E-state index contributed by atoms with van der Waals surface area (Å²) in [5, 5.41) is 0. The fourth-order valence-electron chi connectivity index (χ4n) is 3.90. The van der Waals surface area contributed by atoms with Crippen LogP contribution in [0.15, 0.2) is 52.2 Å². The van der Waals surface area contributed by atoms with Gasteiger partial charge in [-0.2, -0.15) is 4.31 Å². The Labute approximate surface area is 189 Å². The van der Waals surface area contributed by atoms with Crippen molar-refractivity contribution in [3.05, 3.63) is 63.5 Å². The molecule has 1 fully saturated rings. The minimum Gasteiger partial charge on any atom is -0.340 e. The van der Waals surface area contributed by atoms with E-state index in [1.54, 1.807) is 33.7 Å². The second-order valence-electron chi connectivity index (χ2n) is 7.74. The normalized spacial score (nSPS) is 15.4. The monoisotopic (exact) mass is 477 g/mol. The largest absolute Gasteiger partial charge is 0.340 e.